The Morgan fingerprint density at radius 1 is 0.984 bits per heavy atom. The Hall–Kier alpha value is -5.16. The van der Waals surface area contributed by atoms with E-state index in [0.717, 1.165) is 53.2 Å². The quantitative estimate of drug-likeness (QED) is 0.0755. The van der Waals surface area contributed by atoms with Gasteiger partial charge in [0, 0.05) is 87.3 Å². The van der Waals surface area contributed by atoms with Gasteiger partial charge in [-0.05, 0) is 61.4 Å². The zero-order valence-electron chi connectivity index (χ0n) is 35.6. The van der Waals surface area contributed by atoms with Crippen LogP contribution in [0.5, 0.6) is 0 Å². The largest absolute Gasteiger partial charge is 0.625 e. The molecule has 13 nitrogen and oxygen atoms in total. The summed E-state index contributed by atoms with van der Waals surface area (Å²) in [6.45, 7) is 5.96. The first-order valence-electron chi connectivity index (χ1n) is 21.4. The normalized spacial score (nSPS) is 18.2. The van der Waals surface area contributed by atoms with E-state index in [-0.39, 0.29) is 30.6 Å². The molecule has 1 aromatic carbocycles. The number of benzene rings is 1. The average Bonchev–Trinajstić information content (AvgIpc) is 3.77. The first-order chi connectivity index (χ1) is 29.5. The van der Waals surface area contributed by atoms with Crippen LogP contribution in [0.1, 0.15) is 91.4 Å². The van der Waals surface area contributed by atoms with Crippen LogP contribution < -0.4 is 16.0 Å². The van der Waals surface area contributed by atoms with Gasteiger partial charge in [-0.3, -0.25) is 9.59 Å². The van der Waals surface area contributed by atoms with Gasteiger partial charge in [0.25, 0.3) is 5.91 Å². The number of nitrogens with zero attached hydrogens (tertiary/aromatic N) is 5. The van der Waals surface area contributed by atoms with E-state index in [1.165, 1.54) is 4.49 Å². The van der Waals surface area contributed by atoms with Crippen LogP contribution in [0.25, 0.3) is 0 Å². The number of carbonyl (C=O) groups excluding carboxylic acids is 2. The maximum absolute atomic E-state index is 15.7. The van der Waals surface area contributed by atoms with Crippen molar-refractivity contribution in [2.24, 2.45) is 7.05 Å². The van der Waals surface area contributed by atoms with Gasteiger partial charge in [-0.15, -0.1) is 10.2 Å². The van der Waals surface area contributed by atoms with Crippen LogP contribution in [-0.2, 0) is 39.0 Å². The zero-order valence-corrected chi connectivity index (χ0v) is 35.6. The summed E-state index contributed by atoms with van der Waals surface area (Å²) in [6.07, 6.45) is 12.2. The number of fused-ring (bicyclic) bond motifs is 2. The Labute approximate surface area is 356 Å². The van der Waals surface area contributed by atoms with Crippen molar-refractivity contribution in [1.29, 1.82) is 0 Å². The van der Waals surface area contributed by atoms with E-state index in [4.69, 9.17) is 19.2 Å². The third kappa shape index (κ3) is 11.0. The number of halogens is 2. The summed E-state index contributed by atoms with van der Waals surface area (Å²) in [7, 11) is 1.94. The Morgan fingerprint density at radius 3 is 2.48 bits per heavy atom. The molecule has 61 heavy (non-hydrogen) atoms. The first kappa shape index (κ1) is 43.9. The number of aromatic nitrogens is 4. The number of pyridine rings is 1. The molecule has 4 heterocycles. The number of nitrogens with one attached hydrogen (secondary N) is 3. The number of allylic oxidation sites excluding steroid dienone is 7. The molecule has 2 atom stereocenters. The summed E-state index contributed by atoms with van der Waals surface area (Å²) in [4.78, 5) is 30.5. The molecule has 324 valence electrons. The average molecular weight is 839 g/mol. The highest BCUT2D eigenvalue weighted by atomic mass is 19.2. The van der Waals surface area contributed by atoms with Crippen LogP contribution in [0.4, 0.5) is 14.3 Å². The molecular formula is C45H57BF2N8O5. The van der Waals surface area contributed by atoms with Crippen LogP contribution in [0.2, 0.25) is 5.82 Å². The summed E-state index contributed by atoms with van der Waals surface area (Å²) in [5.74, 6) is 0.0811. The molecule has 0 saturated heterocycles. The maximum Gasteiger partial charge on any atom is 0.625 e. The van der Waals surface area contributed by atoms with Crippen LogP contribution in [0.3, 0.4) is 0 Å². The molecule has 2 amide bonds. The summed E-state index contributed by atoms with van der Waals surface area (Å²) in [5, 5.41) is 17.5. The van der Waals surface area contributed by atoms with E-state index in [0.29, 0.717) is 93.4 Å². The molecular weight excluding hydrogens is 781 g/mol. The second-order valence-electron chi connectivity index (χ2n) is 16.4. The SMILES string of the molecule is CC1=CC(C)=[N+]2C1=CC1=CC=C(CCC(=O)NCCOCCOCCOCCNCc3ccc(C(=O)Nc4cccc([C@H](C)Cc5nncn5C)c4)nc3C3CC3)C1[B-]2(F)F. The lowest BCUT2D eigenvalue weighted by molar-refractivity contribution is -0.362. The Kier molecular flexibility index (Phi) is 14.5. The fourth-order valence-electron chi connectivity index (χ4n) is 8.28. The van der Waals surface area contributed by atoms with Crippen LogP contribution >= 0.6 is 0 Å². The smallest absolute Gasteiger partial charge is 0.412 e. The summed E-state index contributed by atoms with van der Waals surface area (Å²) in [6, 6.07) is 11.7. The fraction of sp³-hybridized carbons (Fsp3) is 0.467. The Morgan fingerprint density at radius 2 is 1.74 bits per heavy atom. The zero-order chi connectivity index (χ0) is 42.9. The van der Waals surface area contributed by atoms with E-state index in [9.17, 15) is 9.59 Å². The number of amides is 2. The fourth-order valence-corrected chi connectivity index (χ4v) is 8.28. The van der Waals surface area contributed by atoms with Crippen molar-refractivity contribution in [3.05, 3.63) is 118 Å². The highest BCUT2D eigenvalue weighted by molar-refractivity contribution is 6.63. The number of hydrogen-bond donors (Lipinski definition) is 3. The van der Waals surface area contributed by atoms with Crippen molar-refractivity contribution in [3.8, 4) is 0 Å². The molecule has 1 fully saturated rings. The van der Waals surface area contributed by atoms with Crippen molar-refractivity contribution < 1.29 is 36.9 Å². The minimum Gasteiger partial charge on any atom is -0.412 e. The second-order valence-corrected chi connectivity index (χ2v) is 16.4. The second kappa shape index (κ2) is 20.1. The third-order valence-corrected chi connectivity index (χ3v) is 11.7. The van der Waals surface area contributed by atoms with Crippen molar-refractivity contribution in [3.63, 3.8) is 0 Å². The molecule has 2 aliphatic carbocycles. The number of ether oxygens (including phenoxy) is 3. The van der Waals surface area contributed by atoms with Gasteiger partial charge >= 0.3 is 6.84 Å². The highest BCUT2D eigenvalue weighted by Crippen LogP contribution is 2.50. The van der Waals surface area contributed by atoms with E-state index >= 15 is 8.63 Å². The van der Waals surface area contributed by atoms with E-state index in [2.05, 4.69) is 39.1 Å². The monoisotopic (exact) mass is 838 g/mol. The van der Waals surface area contributed by atoms with Crippen LogP contribution in [-0.4, -0.2) is 101 Å². The molecule has 0 radical (unpaired) electrons. The molecule has 2 aliphatic heterocycles. The lowest BCUT2D eigenvalue weighted by Gasteiger charge is -2.34. The van der Waals surface area contributed by atoms with Crippen molar-refractivity contribution in [2.45, 2.75) is 77.1 Å². The molecule has 0 bridgehead atoms. The summed E-state index contributed by atoms with van der Waals surface area (Å²) < 4.78 is 51.3. The molecule has 3 aromatic rings. The summed E-state index contributed by atoms with van der Waals surface area (Å²) in [5.41, 5.74) is 7.50. The van der Waals surface area contributed by atoms with Crippen molar-refractivity contribution in [1.82, 2.24) is 30.4 Å². The van der Waals surface area contributed by atoms with Crippen molar-refractivity contribution in [2.75, 3.05) is 58.0 Å². The predicted octanol–water partition coefficient (Wildman–Crippen LogP) is 6.17. The molecule has 3 N–H and O–H groups in total. The topological polar surface area (TPSA) is 145 Å². The number of anilines is 1. The van der Waals surface area contributed by atoms with E-state index in [1.807, 2.05) is 48.9 Å². The number of hydrogen-bond acceptors (Lipinski definition) is 9. The molecule has 1 unspecified atom stereocenters. The standard InChI is InChI=1S/C45H57BF2N8O5/c1-30(25-41-54-51-29-55(41)4)35-6-5-7-38(26-35)52-45(58)39-14-12-37(44(53-39)34-9-10-34)28-49-16-18-59-20-22-61-23-21-60-19-17-50-42(57)15-13-33-8-11-36-27-40-31(2)24-32(3)56(40)46(47,48)43(33)36/h5-8,11-12,14,24,26-27,29-30,34,43,49H,9-10,13,15-23,25,28H2,1-4H3,(H,50,57)(H,52,58)/t30-,43?/m1/s1. The van der Waals surface area contributed by atoms with Gasteiger partial charge in [0.2, 0.25) is 5.91 Å². The van der Waals surface area contributed by atoms with Gasteiger partial charge in [0.05, 0.1) is 39.6 Å². The lowest BCUT2D eigenvalue weighted by atomic mass is 9.56. The van der Waals surface area contributed by atoms with Gasteiger partial charge in [-0.2, -0.15) is 0 Å². The van der Waals surface area contributed by atoms with Crippen LogP contribution in [0.15, 0.2) is 89.4 Å². The van der Waals surface area contributed by atoms with Crippen LogP contribution in [0, 0.1) is 0 Å². The number of aryl methyl sites for hydroxylation is 1. The number of rotatable bonds is 23. The van der Waals surface area contributed by atoms with Gasteiger partial charge in [0.1, 0.15) is 23.6 Å². The Bertz CT molecular complexity index is 2250. The lowest BCUT2D eigenvalue weighted by Crippen LogP contribution is -2.47. The predicted molar refractivity (Wildman–Crippen MR) is 231 cm³/mol. The van der Waals surface area contributed by atoms with E-state index in [1.54, 1.807) is 37.5 Å². The molecule has 2 aromatic heterocycles. The van der Waals surface area contributed by atoms with E-state index < -0.39 is 12.7 Å². The summed E-state index contributed by atoms with van der Waals surface area (Å²) >= 11 is 0. The Balaban J connectivity index is 0.712. The van der Waals surface area contributed by atoms with Gasteiger partial charge < -0.3 is 47.8 Å². The highest BCUT2D eigenvalue weighted by Gasteiger charge is 2.57. The van der Waals surface area contributed by atoms with Gasteiger partial charge in [-0.1, -0.05) is 48.4 Å². The molecule has 7 rings (SSSR count). The maximum atomic E-state index is 15.7. The van der Waals surface area contributed by atoms with Gasteiger partial charge in [-0.25, -0.2) is 4.98 Å². The molecule has 1 saturated carbocycles. The minimum absolute atomic E-state index is 0.140. The minimum atomic E-state index is -3.87. The number of carbonyl (C=O) groups is 2. The van der Waals surface area contributed by atoms with Crippen molar-refractivity contribution >= 4 is 30.0 Å². The molecule has 4 aliphatic rings. The molecule has 16 heteroatoms. The first-order valence-corrected chi connectivity index (χ1v) is 21.4. The third-order valence-electron chi connectivity index (χ3n) is 11.7. The van der Waals surface area contributed by atoms with Gasteiger partial charge in [0.15, 0.2) is 5.70 Å². The molecule has 0 spiro atoms.